The summed E-state index contributed by atoms with van der Waals surface area (Å²) in [5.41, 5.74) is -2.62. The van der Waals surface area contributed by atoms with Crippen LogP contribution in [0.25, 0.3) is 0 Å². The molecule has 0 saturated heterocycles. The Hall–Kier alpha value is -4.91. The van der Waals surface area contributed by atoms with E-state index in [-0.39, 0.29) is 56.9 Å². The second-order valence-corrected chi connectivity index (χ2v) is 11.0. The molecule has 3 aliphatic rings. The first-order chi connectivity index (χ1) is 20.4. The maximum atomic E-state index is 14.8. The molecule has 2 aromatic carbocycles. The summed E-state index contributed by atoms with van der Waals surface area (Å²) in [6.07, 6.45) is 0.115. The van der Waals surface area contributed by atoms with Gasteiger partial charge in [0.2, 0.25) is 17.2 Å². The molecular weight excluding hydrogens is 584 g/mol. The zero-order chi connectivity index (χ0) is 31.1. The van der Waals surface area contributed by atoms with Crippen LogP contribution in [0.4, 0.5) is 11.5 Å². The molecule has 13 nitrogen and oxygen atoms in total. The molecule has 1 spiro atoms. The SMILES string of the molecule is COc1cc(OC)c2c(c1Cl)OC1(C(=O)C3=C(CC1C)Nc1c(c(=O)n(C)c(=O)n1C)C3c1ccc([N+](=O)[O-])cc1)C2=O. The zero-order valence-corrected chi connectivity index (χ0v) is 24.4. The third-order valence-electron chi connectivity index (χ3n) is 8.51. The normalized spacial score (nSPS) is 22.0. The number of halogens is 1. The highest BCUT2D eigenvalue weighted by Crippen LogP contribution is 2.56. The van der Waals surface area contributed by atoms with Crippen molar-refractivity contribution in [3.63, 3.8) is 0 Å². The van der Waals surface area contributed by atoms with Crippen LogP contribution in [-0.2, 0) is 18.9 Å². The minimum absolute atomic E-state index is 0.00749. The third kappa shape index (κ3) is 3.63. The summed E-state index contributed by atoms with van der Waals surface area (Å²) in [6, 6.07) is 6.86. The molecule has 0 radical (unpaired) electrons. The van der Waals surface area contributed by atoms with Gasteiger partial charge in [0.25, 0.3) is 11.2 Å². The number of aromatic nitrogens is 2. The van der Waals surface area contributed by atoms with Gasteiger partial charge in [-0.15, -0.1) is 0 Å². The van der Waals surface area contributed by atoms with E-state index in [1.165, 1.54) is 63.2 Å². The second-order valence-electron chi connectivity index (χ2n) is 10.7. The molecule has 43 heavy (non-hydrogen) atoms. The number of rotatable bonds is 4. The van der Waals surface area contributed by atoms with Gasteiger partial charge in [0, 0.05) is 55.4 Å². The molecule has 3 atom stereocenters. The van der Waals surface area contributed by atoms with Gasteiger partial charge >= 0.3 is 5.69 Å². The quantitative estimate of drug-likeness (QED) is 0.265. The summed E-state index contributed by atoms with van der Waals surface area (Å²) in [4.78, 5) is 66.4. The number of anilines is 1. The minimum Gasteiger partial charge on any atom is -0.496 e. The first kappa shape index (κ1) is 28.2. The van der Waals surface area contributed by atoms with Crippen LogP contribution in [0.15, 0.2) is 51.2 Å². The number of nitrogens with zero attached hydrogens (tertiary/aromatic N) is 3. The fourth-order valence-electron chi connectivity index (χ4n) is 6.31. The van der Waals surface area contributed by atoms with E-state index in [4.69, 9.17) is 25.8 Å². The topological polar surface area (TPSA) is 161 Å². The van der Waals surface area contributed by atoms with Gasteiger partial charge in [-0.1, -0.05) is 30.7 Å². The van der Waals surface area contributed by atoms with Gasteiger partial charge in [0.1, 0.15) is 27.9 Å². The number of hydrogen-bond acceptors (Lipinski definition) is 10. The summed E-state index contributed by atoms with van der Waals surface area (Å²) in [6.45, 7) is 1.68. The van der Waals surface area contributed by atoms with E-state index in [0.29, 0.717) is 11.3 Å². The Morgan fingerprint density at radius 2 is 1.70 bits per heavy atom. The first-order valence-corrected chi connectivity index (χ1v) is 13.5. The van der Waals surface area contributed by atoms with Crippen molar-refractivity contribution >= 4 is 34.7 Å². The number of nitrogens with one attached hydrogen (secondary N) is 1. The van der Waals surface area contributed by atoms with E-state index in [1.807, 2.05) is 0 Å². The van der Waals surface area contributed by atoms with E-state index >= 15 is 0 Å². The number of carbonyl (C=O) groups excluding carboxylic acids is 2. The Balaban J connectivity index is 1.61. The predicted octanol–water partition coefficient (Wildman–Crippen LogP) is 3.10. The molecule has 6 rings (SSSR count). The van der Waals surface area contributed by atoms with Gasteiger partial charge in [-0.25, -0.2) is 4.79 Å². The number of hydrogen-bond donors (Lipinski definition) is 1. The Morgan fingerprint density at radius 1 is 1.05 bits per heavy atom. The van der Waals surface area contributed by atoms with Crippen molar-refractivity contribution in [1.82, 2.24) is 9.13 Å². The highest BCUT2D eigenvalue weighted by atomic mass is 35.5. The van der Waals surface area contributed by atoms with Gasteiger partial charge in [-0.2, -0.15) is 0 Å². The molecule has 1 N–H and O–H groups in total. The Labute approximate surface area is 248 Å². The van der Waals surface area contributed by atoms with E-state index < -0.39 is 45.2 Å². The van der Waals surface area contributed by atoms with Crippen molar-refractivity contribution in [3.05, 3.63) is 94.3 Å². The van der Waals surface area contributed by atoms with Crippen LogP contribution in [0.5, 0.6) is 17.2 Å². The number of non-ortho nitro benzene ring substituents is 1. The molecule has 222 valence electrons. The largest absolute Gasteiger partial charge is 0.496 e. The molecule has 14 heteroatoms. The lowest BCUT2D eigenvalue weighted by molar-refractivity contribution is -0.384. The van der Waals surface area contributed by atoms with Crippen molar-refractivity contribution in [3.8, 4) is 17.2 Å². The highest BCUT2D eigenvalue weighted by Gasteiger charge is 2.63. The van der Waals surface area contributed by atoms with Crippen molar-refractivity contribution in [1.29, 1.82) is 0 Å². The number of carbonyl (C=O) groups is 2. The summed E-state index contributed by atoms with van der Waals surface area (Å²) in [5.74, 6) is -2.78. The lowest BCUT2D eigenvalue weighted by Gasteiger charge is -2.42. The number of benzene rings is 2. The average molecular weight is 609 g/mol. The fourth-order valence-corrected chi connectivity index (χ4v) is 6.58. The third-order valence-corrected chi connectivity index (χ3v) is 8.87. The molecule has 2 aliphatic heterocycles. The summed E-state index contributed by atoms with van der Waals surface area (Å²) in [7, 11) is 5.55. The number of allylic oxidation sites excluding steroid dienone is 1. The number of nitro benzene ring substituents is 1. The Kier molecular flexibility index (Phi) is 6.27. The van der Waals surface area contributed by atoms with Crippen LogP contribution < -0.4 is 30.8 Å². The maximum Gasteiger partial charge on any atom is 0.332 e. The molecule has 0 saturated carbocycles. The lowest BCUT2D eigenvalue weighted by Crippen LogP contribution is -2.58. The van der Waals surface area contributed by atoms with Crippen molar-refractivity contribution in [2.24, 2.45) is 20.0 Å². The predicted molar refractivity (Wildman–Crippen MR) is 154 cm³/mol. The Morgan fingerprint density at radius 3 is 2.30 bits per heavy atom. The van der Waals surface area contributed by atoms with E-state index in [0.717, 1.165) is 4.57 Å². The van der Waals surface area contributed by atoms with Crippen LogP contribution in [0.1, 0.15) is 40.7 Å². The van der Waals surface area contributed by atoms with E-state index in [2.05, 4.69) is 5.32 Å². The summed E-state index contributed by atoms with van der Waals surface area (Å²) >= 11 is 6.56. The van der Waals surface area contributed by atoms with E-state index in [1.54, 1.807) is 6.92 Å². The second kappa shape index (κ2) is 9.56. The van der Waals surface area contributed by atoms with Crippen LogP contribution in [0.2, 0.25) is 5.02 Å². The fraction of sp³-hybridized carbons (Fsp3) is 0.310. The van der Waals surface area contributed by atoms with Crippen molar-refractivity contribution in [2.45, 2.75) is 24.9 Å². The number of methoxy groups -OCH3 is 2. The van der Waals surface area contributed by atoms with Crippen LogP contribution in [0.3, 0.4) is 0 Å². The Bertz CT molecular complexity index is 1940. The lowest BCUT2D eigenvalue weighted by atomic mass is 9.66. The molecule has 1 aliphatic carbocycles. The molecule has 3 aromatic rings. The smallest absolute Gasteiger partial charge is 0.332 e. The molecule has 0 fully saturated rings. The summed E-state index contributed by atoms with van der Waals surface area (Å²) in [5, 5.41) is 14.5. The van der Waals surface area contributed by atoms with Crippen LogP contribution >= 0.6 is 11.6 Å². The molecule has 0 bridgehead atoms. The van der Waals surface area contributed by atoms with Gasteiger partial charge in [0.05, 0.1) is 24.7 Å². The number of nitro groups is 1. The molecule has 3 unspecified atom stereocenters. The van der Waals surface area contributed by atoms with E-state index in [9.17, 15) is 29.3 Å². The molecule has 0 amide bonds. The maximum absolute atomic E-state index is 14.8. The van der Waals surface area contributed by atoms with Crippen molar-refractivity contribution < 1.29 is 28.7 Å². The number of fused-ring (bicyclic) bond motifs is 2. The van der Waals surface area contributed by atoms with Gasteiger partial charge in [0.15, 0.2) is 5.75 Å². The first-order valence-electron chi connectivity index (χ1n) is 13.2. The summed E-state index contributed by atoms with van der Waals surface area (Å²) < 4.78 is 19.2. The van der Waals surface area contributed by atoms with Gasteiger partial charge in [-0.05, 0) is 12.0 Å². The monoisotopic (exact) mass is 608 g/mol. The number of ketones is 2. The number of Topliss-reactive ketones (excluding diaryl/α,β-unsaturated/α-hetero) is 2. The van der Waals surface area contributed by atoms with Crippen LogP contribution in [-0.4, -0.2) is 45.4 Å². The number of ether oxygens (including phenoxy) is 3. The average Bonchev–Trinajstić information content (AvgIpc) is 3.31. The van der Waals surface area contributed by atoms with Gasteiger partial charge in [-0.3, -0.25) is 33.6 Å². The zero-order valence-electron chi connectivity index (χ0n) is 23.6. The van der Waals surface area contributed by atoms with Crippen molar-refractivity contribution in [2.75, 3.05) is 19.5 Å². The minimum atomic E-state index is -2.06. The molecule has 1 aromatic heterocycles. The van der Waals surface area contributed by atoms with Gasteiger partial charge < -0.3 is 19.5 Å². The molecular formula is C29H25ClN4O9. The molecule has 3 heterocycles. The van der Waals surface area contributed by atoms with Crippen LogP contribution in [0, 0.1) is 16.0 Å². The standard InChI is InChI=1S/C29H25ClN4O9/c1-12-10-15-19(24(35)29(12)25(36)20-16(41-4)11-17(42-5)22(30)23(20)43-29)18(13-6-8-14(9-7-13)34(39)40)21-26(31-15)32(2)28(38)33(3)27(21)37/h6-9,11-12,18,31H,10H2,1-5H3. The highest BCUT2D eigenvalue weighted by molar-refractivity contribution is 6.36.